The number of thiophene rings is 1. The molecule has 7 heteroatoms. The van der Waals surface area contributed by atoms with Gasteiger partial charge >= 0.3 is 0 Å². The smallest absolute Gasteiger partial charge is 0.259 e. The van der Waals surface area contributed by atoms with Gasteiger partial charge in [-0.1, -0.05) is 0 Å². The summed E-state index contributed by atoms with van der Waals surface area (Å²) in [5.41, 5.74) is 1.11. The van der Waals surface area contributed by atoms with Crippen molar-refractivity contribution in [3.63, 3.8) is 0 Å². The lowest BCUT2D eigenvalue weighted by Gasteiger charge is -2.13. The summed E-state index contributed by atoms with van der Waals surface area (Å²) in [6, 6.07) is 3.87. The van der Waals surface area contributed by atoms with E-state index < -0.39 is 0 Å². The van der Waals surface area contributed by atoms with Gasteiger partial charge in [0.25, 0.3) is 5.56 Å². The van der Waals surface area contributed by atoms with Gasteiger partial charge in [0.2, 0.25) is 5.91 Å². The van der Waals surface area contributed by atoms with Crippen LogP contribution < -0.4 is 10.9 Å². The van der Waals surface area contributed by atoms with E-state index in [0.717, 1.165) is 48.1 Å². The molecule has 2 N–H and O–H groups in total. The van der Waals surface area contributed by atoms with Crippen LogP contribution in [0, 0.1) is 0 Å². The van der Waals surface area contributed by atoms with Crippen molar-refractivity contribution in [2.75, 3.05) is 0 Å². The average Bonchev–Trinajstić information content (AvgIpc) is 3.34. The van der Waals surface area contributed by atoms with Crippen molar-refractivity contribution in [3.05, 3.63) is 50.8 Å². The Morgan fingerprint density at radius 1 is 1.41 bits per heavy atom. The minimum absolute atomic E-state index is 0.0293. The Morgan fingerprint density at radius 2 is 2.30 bits per heavy atom. The van der Waals surface area contributed by atoms with Crippen molar-refractivity contribution in [2.45, 2.75) is 57.9 Å². The van der Waals surface area contributed by atoms with Crippen LogP contribution in [-0.2, 0) is 30.5 Å². The predicted molar refractivity (Wildman–Crippen MR) is 105 cm³/mol. The number of H-pyrrole nitrogens is 1. The van der Waals surface area contributed by atoms with Gasteiger partial charge < -0.3 is 14.7 Å². The molecule has 27 heavy (non-hydrogen) atoms. The van der Waals surface area contributed by atoms with Crippen LogP contribution >= 0.6 is 11.3 Å². The first-order valence-corrected chi connectivity index (χ1v) is 10.3. The minimum atomic E-state index is -0.0679. The molecule has 3 aromatic heterocycles. The Kier molecular flexibility index (Phi) is 5.11. The number of aromatic nitrogens is 2. The van der Waals surface area contributed by atoms with Crippen LogP contribution in [0.15, 0.2) is 27.6 Å². The Morgan fingerprint density at radius 3 is 3.11 bits per heavy atom. The van der Waals surface area contributed by atoms with Crippen LogP contribution in [-0.4, -0.2) is 21.9 Å². The zero-order valence-electron chi connectivity index (χ0n) is 15.3. The van der Waals surface area contributed by atoms with E-state index >= 15 is 0 Å². The number of hydrogen-bond donors (Lipinski definition) is 2. The third kappa shape index (κ3) is 3.98. The maximum atomic E-state index is 12.4. The molecule has 0 saturated heterocycles. The zero-order valence-corrected chi connectivity index (χ0v) is 16.2. The van der Waals surface area contributed by atoms with Gasteiger partial charge in [0, 0.05) is 30.2 Å². The van der Waals surface area contributed by atoms with Gasteiger partial charge in [-0.15, -0.1) is 11.3 Å². The molecule has 0 saturated carbocycles. The van der Waals surface area contributed by atoms with Crippen LogP contribution in [0.5, 0.6) is 0 Å². The van der Waals surface area contributed by atoms with Crippen molar-refractivity contribution in [3.8, 4) is 0 Å². The molecule has 1 aliphatic rings. The summed E-state index contributed by atoms with van der Waals surface area (Å²) < 4.78 is 5.31. The molecule has 1 atom stereocenters. The van der Waals surface area contributed by atoms with Gasteiger partial charge in [0.1, 0.15) is 16.4 Å². The molecule has 0 aliphatic heterocycles. The molecule has 0 spiro atoms. The molecule has 4 rings (SSSR count). The molecule has 142 valence electrons. The lowest BCUT2D eigenvalue weighted by molar-refractivity contribution is -0.121. The van der Waals surface area contributed by atoms with Crippen molar-refractivity contribution in [2.24, 2.45) is 0 Å². The lowest BCUT2D eigenvalue weighted by atomic mass is 10.1. The molecule has 1 amide bonds. The first-order valence-electron chi connectivity index (χ1n) is 9.45. The van der Waals surface area contributed by atoms with Gasteiger partial charge in [-0.25, -0.2) is 4.98 Å². The molecule has 0 unspecified atom stereocenters. The van der Waals surface area contributed by atoms with Crippen molar-refractivity contribution in [1.29, 1.82) is 0 Å². The standard InChI is InChI=1S/C20H23N3O3S/c1-12(7-8-13-4-3-11-26-13)21-17(24)10-9-16-22-19(25)18-14-5-2-6-15(14)27-20(18)23-16/h3-4,11-12H,2,5-10H2,1H3,(H,21,24)(H,22,23,25)/t12-/m0/s1. The van der Waals surface area contributed by atoms with E-state index in [9.17, 15) is 9.59 Å². The van der Waals surface area contributed by atoms with Crippen molar-refractivity contribution in [1.82, 2.24) is 15.3 Å². The average molecular weight is 385 g/mol. The summed E-state index contributed by atoms with van der Waals surface area (Å²) in [6.07, 6.45) is 7.16. The lowest BCUT2D eigenvalue weighted by Crippen LogP contribution is -2.33. The highest BCUT2D eigenvalue weighted by Crippen LogP contribution is 2.34. The Labute approximate surface area is 161 Å². The van der Waals surface area contributed by atoms with Crippen molar-refractivity contribution >= 4 is 27.5 Å². The van der Waals surface area contributed by atoms with Crippen LogP contribution in [0.3, 0.4) is 0 Å². The summed E-state index contributed by atoms with van der Waals surface area (Å²) in [6.45, 7) is 1.99. The Balaban J connectivity index is 1.33. The number of nitrogens with one attached hydrogen (secondary N) is 2. The first-order chi connectivity index (χ1) is 13.1. The first kappa shape index (κ1) is 18.0. The van der Waals surface area contributed by atoms with Gasteiger partial charge in [-0.2, -0.15) is 0 Å². The van der Waals surface area contributed by atoms with Crippen molar-refractivity contribution < 1.29 is 9.21 Å². The second-order valence-corrected chi connectivity index (χ2v) is 8.22. The summed E-state index contributed by atoms with van der Waals surface area (Å²) in [5, 5.41) is 3.75. The molecule has 0 radical (unpaired) electrons. The van der Waals surface area contributed by atoms with E-state index in [4.69, 9.17) is 4.42 Å². The number of aryl methyl sites for hydroxylation is 4. The van der Waals surface area contributed by atoms with E-state index in [-0.39, 0.29) is 17.5 Å². The molecule has 0 fully saturated rings. The molecule has 6 nitrogen and oxygen atoms in total. The third-order valence-corrected chi connectivity index (χ3v) is 6.21. The Hall–Kier alpha value is -2.41. The number of amides is 1. The largest absolute Gasteiger partial charge is 0.469 e. The zero-order chi connectivity index (χ0) is 18.8. The molecule has 1 aliphatic carbocycles. The molecular weight excluding hydrogens is 362 g/mol. The van der Waals surface area contributed by atoms with E-state index in [2.05, 4.69) is 15.3 Å². The monoisotopic (exact) mass is 385 g/mol. The number of nitrogens with zero attached hydrogens (tertiary/aromatic N) is 1. The van der Waals surface area contributed by atoms with E-state index in [1.165, 1.54) is 10.4 Å². The molecular formula is C20H23N3O3S. The summed E-state index contributed by atoms with van der Waals surface area (Å²) >= 11 is 1.62. The second-order valence-electron chi connectivity index (χ2n) is 7.14. The minimum Gasteiger partial charge on any atom is -0.469 e. The number of aromatic amines is 1. The van der Waals surface area contributed by atoms with E-state index in [0.29, 0.717) is 18.7 Å². The fraction of sp³-hybridized carbons (Fsp3) is 0.450. The number of hydrogen-bond acceptors (Lipinski definition) is 5. The van der Waals surface area contributed by atoms with Crippen LogP contribution in [0.2, 0.25) is 0 Å². The third-order valence-electron chi connectivity index (χ3n) is 5.02. The highest BCUT2D eigenvalue weighted by atomic mass is 32.1. The molecule has 3 aromatic rings. The number of fused-ring (bicyclic) bond motifs is 3. The van der Waals surface area contributed by atoms with E-state index in [1.54, 1.807) is 17.6 Å². The predicted octanol–water partition coefficient (Wildman–Crippen LogP) is 3.14. The van der Waals surface area contributed by atoms with Gasteiger partial charge in [0.15, 0.2) is 0 Å². The van der Waals surface area contributed by atoms with Gasteiger partial charge in [0.05, 0.1) is 11.6 Å². The van der Waals surface area contributed by atoms with E-state index in [1.807, 2.05) is 19.1 Å². The highest BCUT2D eigenvalue weighted by molar-refractivity contribution is 7.18. The maximum absolute atomic E-state index is 12.4. The number of rotatable bonds is 7. The normalized spacial score (nSPS) is 14.4. The quantitative estimate of drug-likeness (QED) is 0.654. The topological polar surface area (TPSA) is 88.0 Å². The summed E-state index contributed by atoms with van der Waals surface area (Å²) in [4.78, 5) is 34.2. The number of carbonyl (C=O) groups is 1. The summed E-state index contributed by atoms with van der Waals surface area (Å²) in [7, 11) is 0. The van der Waals surface area contributed by atoms with Crippen LogP contribution in [0.1, 0.15) is 48.2 Å². The summed E-state index contributed by atoms with van der Waals surface area (Å²) in [5.74, 6) is 1.48. The molecule has 0 bridgehead atoms. The highest BCUT2D eigenvalue weighted by Gasteiger charge is 2.21. The van der Waals surface area contributed by atoms with Crippen LogP contribution in [0.25, 0.3) is 10.2 Å². The number of carbonyl (C=O) groups excluding carboxylic acids is 1. The van der Waals surface area contributed by atoms with Gasteiger partial charge in [-0.05, 0) is 50.3 Å². The maximum Gasteiger partial charge on any atom is 0.259 e. The van der Waals surface area contributed by atoms with Crippen LogP contribution in [0.4, 0.5) is 0 Å². The Bertz CT molecular complexity index is 1000. The van der Waals surface area contributed by atoms with Gasteiger partial charge in [-0.3, -0.25) is 9.59 Å². The fourth-order valence-electron chi connectivity index (χ4n) is 3.63. The number of furan rings is 1. The second kappa shape index (κ2) is 7.68. The molecule has 0 aromatic carbocycles. The SMILES string of the molecule is C[C@@H](CCc1ccco1)NC(=O)CCc1nc2sc3c(c2c(=O)[nH]1)CCC3. The fourth-order valence-corrected chi connectivity index (χ4v) is 4.91. The molecule has 3 heterocycles.